The monoisotopic (exact) mass is 140 g/mol. The number of nitrogens with one attached hydrogen (secondary N) is 2. The Bertz CT molecular complexity index is 108. The molecule has 58 valence electrons. The molecular weight excluding hydrogens is 124 g/mol. The van der Waals surface area contributed by atoms with Crippen LogP contribution in [0.3, 0.4) is 0 Å². The Morgan fingerprint density at radius 2 is 2.10 bits per heavy atom. The quantitative estimate of drug-likeness (QED) is 0.421. The van der Waals surface area contributed by atoms with Crippen molar-refractivity contribution in [3.63, 3.8) is 0 Å². The van der Waals surface area contributed by atoms with E-state index in [1.54, 1.807) is 0 Å². The van der Waals surface area contributed by atoms with E-state index in [0.717, 1.165) is 37.8 Å². The van der Waals surface area contributed by atoms with Gasteiger partial charge in [-0.15, -0.1) is 0 Å². The molecular formula is C8H16N2. The summed E-state index contributed by atoms with van der Waals surface area (Å²) in [5, 5.41) is 14.1. The van der Waals surface area contributed by atoms with Crippen LogP contribution < -0.4 is 0 Å². The molecule has 0 heterocycles. The Morgan fingerprint density at radius 1 is 1.40 bits per heavy atom. The normalized spacial score (nSPS) is 9.30. The van der Waals surface area contributed by atoms with Gasteiger partial charge in [0, 0.05) is 5.71 Å². The highest BCUT2D eigenvalue weighted by molar-refractivity contribution is 5.80. The molecule has 0 aromatic heterocycles. The third-order valence-electron chi connectivity index (χ3n) is 1.50. The van der Waals surface area contributed by atoms with Crippen LogP contribution in [0.15, 0.2) is 0 Å². The fourth-order valence-corrected chi connectivity index (χ4v) is 0.762. The van der Waals surface area contributed by atoms with E-state index in [4.69, 9.17) is 10.8 Å². The second-order valence-corrected chi connectivity index (χ2v) is 2.41. The zero-order valence-electron chi connectivity index (χ0n) is 6.61. The standard InChI is InChI=1S/C8H16N2/c1-2-8(10)6-4-3-5-7-9/h7,9-10H,2-6H2,1H3. The highest BCUT2D eigenvalue weighted by Crippen LogP contribution is 2.00. The minimum atomic E-state index is 0.838. The van der Waals surface area contributed by atoms with Crippen LogP contribution in [0.25, 0.3) is 0 Å². The van der Waals surface area contributed by atoms with Gasteiger partial charge in [-0.2, -0.15) is 0 Å². The van der Waals surface area contributed by atoms with Gasteiger partial charge in [0.25, 0.3) is 0 Å². The highest BCUT2D eigenvalue weighted by Gasteiger charge is 1.91. The maximum atomic E-state index is 7.32. The van der Waals surface area contributed by atoms with Crippen LogP contribution in [0, 0.1) is 10.8 Å². The smallest absolute Gasteiger partial charge is 0.00864 e. The molecule has 0 saturated heterocycles. The molecule has 0 rings (SSSR count). The van der Waals surface area contributed by atoms with Crippen molar-refractivity contribution >= 4 is 11.9 Å². The van der Waals surface area contributed by atoms with Gasteiger partial charge in [-0.05, 0) is 38.3 Å². The average molecular weight is 140 g/mol. The summed E-state index contributed by atoms with van der Waals surface area (Å²) in [7, 11) is 0. The average Bonchev–Trinajstić information content (AvgIpc) is 1.98. The summed E-state index contributed by atoms with van der Waals surface area (Å²) in [6.07, 6.45) is 6.25. The Kier molecular flexibility index (Phi) is 6.03. The highest BCUT2D eigenvalue weighted by atomic mass is 14.4. The predicted molar refractivity (Wildman–Crippen MR) is 45.3 cm³/mol. The molecule has 2 heteroatoms. The fraction of sp³-hybridized carbons (Fsp3) is 0.750. The SMILES string of the molecule is CCC(=N)CCCCC=N. The molecule has 0 aromatic rings. The maximum absolute atomic E-state index is 7.32. The van der Waals surface area contributed by atoms with E-state index >= 15 is 0 Å². The third-order valence-corrected chi connectivity index (χ3v) is 1.50. The van der Waals surface area contributed by atoms with Gasteiger partial charge in [0.05, 0.1) is 0 Å². The molecule has 0 fully saturated rings. The summed E-state index contributed by atoms with van der Waals surface area (Å²) >= 11 is 0. The van der Waals surface area contributed by atoms with E-state index in [9.17, 15) is 0 Å². The second-order valence-electron chi connectivity index (χ2n) is 2.41. The van der Waals surface area contributed by atoms with Crippen LogP contribution in [0.2, 0.25) is 0 Å². The van der Waals surface area contributed by atoms with Gasteiger partial charge in [-0.1, -0.05) is 6.92 Å². The molecule has 2 N–H and O–H groups in total. The first-order chi connectivity index (χ1) is 4.81. The van der Waals surface area contributed by atoms with Gasteiger partial charge in [0.1, 0.15) is 0 Å². The van der Waals surface area contributed by atoms with Crippen molar-refractivity contribution in [3.8, 4) is 0 Å². The summed E-state index contributed by atoms with van der Waals surface area (Å²) in [4.78, 5) is 0. The second kappa shape index (κ2) is 6.46. The lowest BCUT2D eigenvalue weighted by Gasteiger charge is -1.97. The molecule has 0 amide bonds. The minimum Gasteiger partial charge on any atom is -0.313 e. The first kappa shape index (κ1) is 9.34. The zero-order chi connectivity index (χ0) is 7.82. The van der Waals surface area contributed by atoms with Crippen LogP contribution in [0.1, 0.15) is 39.0 Å². The lowest BCUT2D eigenvalue weighted by Crippen LogP contribution is -1.92. The molecule has 0 spiro atoms. The largest absolute Gasteiger partial charge is 0.313 e. The first-order valence-corrected chi connectivity index (χ1v) is 3.86. The molecule has 0 aliphatic rings. The lowest BCUT2D eigenvalue weighted by molar-refractivity contribution is 0.790. The van der Waals surface area contributed by atoms with E-state index in [1.165, 1.54) is 6.21 Å². The predicted octanol–water partition coefficient (Wildman–Crippen LogP) is 2.63. The van der Waals surface area contributed by atoms with Crippen molar-refractivity contribution < 1.29 is 0 Å². The van der Waals surface area contributed by atoms with Gasteiger partial charge in [0.15, 0.2) is 0 Å². The Labute approximate surface area is 62.7 Å². The summed E-state index contributed by atoms with van der Waals surface area (Å²) in [6.45, 7) is 2.01. The van der Waals surface area contributed by atoms with E-state index in [0.29, 0.717) is 0 Å². The number of rotatable bonds is 6. The van der Waals surface area contributed by atoms with Crippen LogP contribution in [0.4, 0.5) is 0 Å². The molecule has 0 radical (unpaired) electrons. The van der Waals surface area contributed by atoms with E-state index in [2.05, 4.69) is 0 Å². The number of unbranched alkanes of at least 4 members (excludes halogenated alkanes) is 2. The Hall–Kier alpha value is -0.660. The van der Waals surface area contributed by atoms with Crippen molar-refractivity contribution in [1.82, 2.24) is 0 Å². The van der Waals surface area contributed by atoms with Crippen molar-refractivity contribution in [2.75, 3.05) is 0 Å². The molecule has 0 atom stereocenters. The molecule has 0 aromatic carbocycles. The number of hydrogen-bond acceptors (Lipinski definition) is 2. The molecule has 0 aliphatic carbocycles. The summed E-state index contributed by atoms with van der Waals surface area (Å²) in [5.74, 6) is 0. The summed E-state index contributed by atoms with van der Waals surface area (Å²) < 4.78 is 0. The lowest BCUT2D eigenvalue weighted by atomic mass is 10.1. The molecule has 0 unspecified atom stereocenters. The molecule has 0 bridgehead atoms. The first-order valence-electron chi connectivity index (χ1n) is 3.86. The van der Waals surface area contributed by atoms with Gasteiger partial charge in [-0.3, -0.25) is 0 Å². The zero-order valence-corrected chi connectivity index (χ0v) is 6.61. The van der Waals surface area contributed by atoms with Crippen molar-refractivity contribution in [2.45, 2.75) is 39.0 Å². The summed E-state index contributed by atoms with van der Waals surface area (Å²) in [6, 6.07) is 0. The van der Waals surface area contributed by atoms with Crippen LogP contribution in [-0.4, -0.2) is 11.9 Å². The van der Waals surface area contributed by atoms with Crippen LogP contribution in [0.5, 0.6) is 0 Å². The molecule has 0 saturated carbocycles. The summed E-state index contributed by atoms with van der Waals surface area (Å²) in [5.41, 5.74) is 0.838. The van der Waals surface area contributed by atoms with E-state index in [-0.39, 0.29) is 0 Å². The van der Waals surface area contributed by atoms with Gasteiger partial charge < -0.3 is 10.8 Å². The Morgan fingerprint density at radius 3 is 2.60 bits per heavy atom. The van der Waals surface area contributed by atoms with E-state index < -0.39 is 0 Å². The third kappa shape index (κ3) is 5.48. The van der Waals surface area contributed by atoms with Crippen molar-refractivity contribution in [3.05, 3.63) is 0 Å². The molecule has 10 heavy (non-hydrogen) atoms. The van der Waals surface area contributed by atoms with Gasteiger partial charge in [0.2, 0.25) is 0 Å². The fourth-order valence-electron chi connectivity index (χ4n) is 0.762. The number of hydrogen-bond donors (Lipinski definition) is 2. The van der Waals surface area contributed by atoms with Gasteiger partial charge in [-0.25, -0.2) is 0 Å². The van der Waals surface area contributed by atoms with E-state index in [1.807, 2.05) is 6.92 Å². The Balaban J connectivity index is 3.03. The van der Waals surface area contributed by atoms with Crippen molar-refractivity contribution in [1.29, 1.82) is 10.8 Å². The van der Waals surface area contributed by atoms with Crippen molar-refractivity contribution in [2.24, 2.45) is 0 Å². The van der Waals surface area contributed by atoms with Crippen LogP contribution >= 0.6 is 0 Å². The molecule has 0 aliphatic heterocycles. The topological polar surface area (TPSA) is 47.7 Å². The van der Waals surface area contributed by atoms with Crippen LogP contribution in [-0.2, 0) is 0 Å². The molecule has 2 nitrogen and oxygen atoms in total. The van der Waals surface area contributed by atoms with Gasteiger partial charge >= 0.3 is 0 Å². The maximum Gasteiger partial charge on any atom is 0.00864 e. The minimum absolute atomic E-state index is 0.838.